The Labute approximate surface area is 392 Å². The van der Waals surface area contributed by atoms with Crippen molar-refractivity contribution in [1.82, 2.24) is 10.2 Å². The molecule has 0 aliphatic carbocycles. The highest BCUT2D eigenvalue weighted by molar-refractivity contribution is 6.30. The van der Waals surface area contributed by atoms with Gasteiger partial charge in [0.1, 0.15) is 23.4 Å². The Morgan fingerprint density at radius 2 is 0.955 bits per heavy atom. The van der Waals surface area contributed by atoms with Crippen molar-refractivity contribution in [2.75, 3.05) is 52.8 Å². The molecule has 5 aromatic carbocycles. The molecule has 2 heterocycles. The minimum atomic E-state index is -0.825. The van der Waals surface area contributed by atoms with Gasteiger partial charge < -0.3 is 19.7 Å². The summed E-state index contributed by atoms with van der Waals surface area (Å²) < 4.78 is 5.35. The molecule has 0 spiro atoms. The molecule has 0 bridgehead atoms. The van der Waals surface area contributed by atoms with Crippen molar-refractivity contribution in [1.29, 1.82) is 0 Å². The zero-order valence-corrected chi connectivity index (χ0v) is 38.8. The number of hydrogen-bond donors (Lipinski definition) is 1. The molecule has 1 N–H and O–H groups in total. The lowest BCUT2D eigenvalue weighted by Gasteiger charge is -2.27. The minimum absolute atomic E-state index is 0.0277. The number of Topliss-reactive ketones (excluding diaryl/α,β-unsaturated/α-hetero) is 1. The molecule has 7 rings (SSSR count). The SMILES string of the molecule is CC(=O)CCC1C(=O)N(c2ccccc2)N(c2ccccc2)C1=O.CCCCC1C(=O)N(c2ccccc2)N(c2ccccc2)C1=O.CCN(CC)CCNC(=O)COc1ccc(Cl)cc1. The first-order chi connectivity index (χ1) is 32.0. The first kappa shape index (κ1) is 50.2. The summed E-state index contributed by atoms with van der Waals surface area (Å²) in [6, 6.07) is 43.7. The van der Waals surface area contributed by atoms with Crippen LogP contribution >= 0.6 is 11.6 Å². The summed E-state index contributed by atoms with van der Waals surface area (Å²) in [4.78, 5) is 76.5. The fourth-order valence-corrected chi connectivity index (χ4v) is 7.44. The molecule has 0 aromatic heterocycles. The highest BCUT2D eigenvalue weighted by Crippen LogP contribution is 2.35. The Bertz CT molecular complexity index is 2220. The summed E-state index contributed by atoms with van der Waals surface area (Å²) in [6.07, 6.45) is 2.88. The monoisotopic (exact) mass is 914 g/mol. The van der Waals surface area contributed by atoms with Gasteiger partial charge in [0.15, 0.2) is 6.61 Å². The maximum absolute atomic E-state index is 12.9. The molecular formula is C52H59ClN6O7. The van der Waals surface area contributed by atoms with Crippen molar-refractivity contribution < 1.29 is 33.5 Å². The predicted octanol–water partition coefficient (Wildman–Crippen LogP) is 8.93. The molecule has 66 heavy (non-hydrogen) atoms. The number of amides is 5. The van der Waals surface area contributed by atoms with E-state index in [1.165, 1.54) is 27.0 Å². The first-order valence-corrected chi connectivity index (χ1v) is 22.8. The molecule has 2 aliphatic rings. The fourth-order valence-electron chi connectivity index (χ4n) is 7.32. The van der Waals surface area contributed by atoms with Gasteiger partial charge in [-0.2, -0.15) is 0 Å². The molecular weight excluding hydrogens is 856 g/mol. The molecule has 13 nitrogen and oxygen atoms in total. The van der Waals surface area contributed by atoms with Crippen molar-refractivity contribution in [3.8, 4) is 5.75 Å². The molecule has 0 radical (unpaired) electrons. The third kappa shape index (κ3) is 13.6. The predicted molar refractivity (Wildman–Crippen MR) is 260 cm³/mol. The zero-order valence-electron chi connectivity index (χ0n) is 38.1. The van der Waals surface area contributed by atoms with Crippen LogP contribution < -0.4 is 30.1 Å². The fraction of sp³-hybridized carbons (Fsp3) is 0.308. The van der Waals surface area contributed by atoms with E-state index in [4.69, 9.17) is 16.3 Å². The molecule has 5 amide bonds. The van der Waals surface area contributed by atoms with Gasteiger partial charge in [0, 0.05) is 24.5 Å². The van der Waals surface area contributed by atoms with E-state index in [9.17, 15) is 28.8 Å². The summed E-state index contributed by atoms with van der Waals surface area (Å²) >= 11 is 5.76. The summed E-state index contributed by atoms with van der Waals surface area (Å²) in [6.45, 7) is 11.3. The number of carbonyl (C=O) groups excluding carboxylic acids is 6. The summed E-state index contributed by atoms with van der Waals surface area (Å²) in [5, 5.41) is 9.32. The van der Waals surface area contributed by atoms with Crippen molar-refractivity contribution in [3.63, 3.8) is 0 Å². The van der Waals surface area contributed by atoms with Crippen molar-refractivity contribution in [3.05, 3.63) is 151 Å². The second-order valence-corrected chi connectivity index (χ2v) is 16.0. The van der Waals surface area contributed by atoms with Gasteiger partial charge in [-0.3, -0.25) is 24.0 Å². The van der Waals surface area contributed by atoms with Gasteiger partial charge in [0.2, 0.25) is 0 Å². The van der Waals surface area contributed by atoms with Crippen molar-refractivity contribution in [2.24, 2.45) is 11.8 Å². The molecule has 0 atom stereocenters. The van der Waals surface area contributed by atoms with Gasteiger partial charge in [-0.15, -0.1) is 0 Å². The summed E-state index contributed by atoms with van der Waals surface area (Å²) in [7, 11) is 0. The maximum atomic E-state index is 12.9. The van der Waals surface area contributed by atoms with E-state index in [1.54, 1.807) is 48.5 Å². The van der Waals surface area contributed by atoms with Crippen LogP contribution in [0.2, 0.25) is 5.02 Å². The highest BCUT2D eigenvalue weighted by Gasteiger charge is 2.47. The molecule has 346 valence electrons. The minimum Gasteiger partial charge on any atom is -0.484 e. The second kappa shape index (κ2) is 25.6. The van der Waals surface area contributed by atoms with E-state index in [0.29, 0.717) is 46.5 Å². The number of rotatable bonds is 18. The van der Waals surface area contributed by atoms with Gasteiger partial charge in [-0.25, -0.2) is 20.0 Å². The number of unbranched alkanes of at least 4 members (excludes halogenated alkanes) is 1. The van der Waals surface area contributed by atoms with E-state index < -0.39 is 11.8 Å². The van der Waals surface area contributed by atoms with Crippen molar-refractivity contribution in [2.45, 2.75) is 59.8 Å². The number of hydrazine groups is 2. The Kier molecular flexibility index (Phi) is 19.5. The van der Waals surface area contributed by atoms with Crippen LogP contribution in [0.5, 0.6) is 5.75 Å². The highest BCUT2D eigenvalue weighted by atomic mass is 35.5. The summed E-state index contributed by atoms with van der Waals surface area (Å²) in [5.74, 6) is -1.78. The topological polar surface area (TPSA) is 140 Å². The van der Waals surface area contributed by atoms with Crippen LogP contribution in [-0.4, -0.2) is 73.0 Å². The Balaban J connectivity index is 0.000000187. The van der Waals surface area contributed by atoms with Crippen LogP contribution in [0.3, 0.4) is 0 Å². The molecule has 2 aliphatic heterocycles. The largest absolute Gasteiger partial charge is 0.484 e. The Morgan fingerprint density at radius 3 is 1.30 bits per heavy atom. The molecule has 14 heteroatoms. The third-order valence-corrected chi connectivity index (χ3v) is 11.1. The number of benzene rings is 5. The van der Waals surface area contributed by atoms with Crippen LogP contribution in [0.15, 0.2) is 146 Å². The lowest BCUT2D eigenvalue weighted by atomic mass is 10.0. The quantitative estimate of drug-likeness (QED) is 0.0861. The van der Waals surface area contributed by atoms with E-state index >= 15 is 0 Å². The first-order valence-electron chi connectivity index (χ1n) is 22.4. The average molecular weight is 916 g/mol. The standard InChI is InChI=1S/C19H18N2O3.C19H20N2O2.C14H21ClN2O2/c1-14(22)12-13-17-18(23)20(15-8-4-2-5-9-15)21(19(17)24)16-10-6-3-7-11-16;1-2-3-14-17-18(22)20(15-10-6-4-7-11-15)21(19(17)23)16-12-8-5-9-13-16;1-3-17(4-2)10-9-16-14(18)11-19-13-7-5-12(15)6-8-13/h2-11,17H,12-13H2,1H3;4-13,17H,2-3,14H2,1H3;5-8H,3-4,9-11H2,1-2H3,(H,16,18). The molecule has 0 saturated carbocycles. The molecule has 5 aromatic rings. The van der Waals surface area contributed by atoms with Crippen LogP contribution in [0.25, 0.3) is 0 Å². The molecule has 0 unspecified atom stereocenters. The smallest absolute Gasteiger partial charge is 0.258 e. The average Bonchev–Trinajstić information content (AvgIpc) is 3.75. The Hall–Kier alpha value is -6.83. The number of hydrogen-bond acceptors (Lipinski definition) is 8. The summed E-state index contributed by atoms with van der Waals surface area (Å²) in [5.41, 5.74) is 2.69. The lowest BCUT2D eigenvalue weighted by Crippen LogP contribution is -2.41. The van der Waals surface area contributed by atoms with Crippen LogP contribution in [0, 0.1) is 11.8 Å². The van der Waals surface area contributed by atoms with Gasteiger partial charge in [-0.05, 0) is 106 Å². The van der Waals surface area contributed by atoms with E-state index in [2.05, 4.69) is 31.0 Å². The number of para-hydroxylation sites is 4. The lowest BCUT2D eigenvalue weighted by molar-refractivity contribution is -0.129. The van der Waals surface area contributed by atoms with E-state index in [1.807, 2.05) is 97.1 Å². The molecule has 2 fully saturated rings. The number of likely N-dealkylation sites (N-methyl/N-ethyl adjacent to an activating group) is 1. The number of anilines is 4. The maximum Gasteiger partial charge on any atom is 0.258 e. The number of nitrogens with one attached hydrogen (secondary N) is 1. The van der Waals surface area contributed by atoms with Crippen LogP contribution in [0.1, 0.15) is 59.8 Å². The third-order valence-electron chi connectivity index (χ3n) is 10.9. The number of ether oxygens (including phenoxy) is 1. The number of carbonyl (C=O) groups is 6. The second-order valence-electron chi connectivity index (χ2n) is 15.5. The zero-order chi connectivity index (χ0) is 47.4. The van der Waals surface area contributed by atoms with Crippen LogP contribution in [0.4, 0.5) is 22.7 Å². The van der Waals surface area contributed by atoms with Gasteiger partial charge in [0.25, 0.3) is 29.5 Å². The number of nitrogens with zero attached hydrogens (tertiary/aromatic N) is 5. The Morgan fingerprint density at radius 1 is 0.576 bits per heavy atom. The number of halogens is 1. The van der Waals surface area contributed by atoms with Gasteiger partial charge in [-0.1, -0.05) is 118 Å². The van der Waals surface area contributed by atoms with E-state index in [0.717, 1.165) is 32.5 Å². The molecule has 2 saturated heterocycles. The van der Waals surface area contributed by atoms with Crippen LogP contribution in [-0.2, 0) is 28.8 Å². The van der Waals surface area contributed by atoms with Gasteiger partial charge in [0.05, 0.1) is 22.7 Å². The van der Waals surface area contributed by atoms with E-state index in [-0.39, 0.29) is 54.8 Å². The number of ketones is 1. The van der Waals surface area contributed by atoms with Gasteiger partial charge >= 0.3 is 0 Å². The normalized spacial score (nSPS) is 14.0. The van der Waals surface area contributed by atoms with Crippen molar-refractivity contribution >= 4 is 69.7 Å².